The molecule has 0 fully saturated rings. The maximum atomic E-state index is 13.6. The third-order valence-corrected chi connectivity index (χ3v) is 3.95. The highest BCUT2D eigenvalue weighted by Crippen LogP contribution is 2.18. The molecule has 0 atom stereocenters. The Balaban J connectivity index is 1.88. The van der Waals surface area contributed by atoms with Gasteiger partial charge in [0.15, 0.2) is 6.61 Å². The van der Waals surface area contributed by atoms with E-state index in [1.165, 1.54) is 12.1 Å². The summed E-state index contributed by atoms with van der Waals surface area (Å²) in [7, 11) is 0. The molecule has 144 valence electrons. The molecule has 0 saturated heterocycles. The van der Waals surface area contributed by atoms with Crippen LogP contribution >= 0.6 is 0 Å². The number of ether oxygens (including phenoxy) is 1. The molecule has 0 aromatic heterocycles. The Labute approximate surface area is 158 Å². The molecule has 2 N–H and O–H groups in total. The standard InChI is InChI=1S/C21H25FN2O3/c1-2-3-4-9-14-23-21(26)16-10-5-8-13-19(16)27-15-20(25)24-18-12-7-6-11-17(18)22/h5-8,10-13H,2-4,9,14-15H2,1H3,(H,23,26)(H,24,25). The second kappa shape index (κ2) is 11.0. The van der Waals surface area contributed by atoms with Crippen molar-refractivity contribution in [3.05, 3.63) is 59.9 Å². The number of carbonyl (C=O) groups is 2. The number of benzene rings is 2. The van der Waals surface area contributed by atoms with E-state index in [1.807, 2.05) is 0 Å². The van der Waals surface area contributed by atoms with Gasteiger partial charge in [-0.3, -0.25) is 9.59 Å². The van der Waals surface area contributed by atoms with Gasteiger partial charge in [0.2, 0.25) is 0 Å². The van der Waals surface area contributed by atoms with Gasteiger partial charge >= 0.3 is 0 Å². The number of hydrogen-bond acceptors (Lipinski definition) is 3. The molecule has 0 aliphatic rings. The highest BCUT2D eigenvalue weighted by Gasteiger charge is 2.13. The number of anilines is 1. The molecule has 0 aliphatic heterocycles. The minimum Gasteiger partial charge on any atom is -0.483 e. The van der Waals surface area contributed by atoms with Crippen LogP contribution in [0.2, 0.25) is 0 Å². The van der Waals surface area contributed by atoms with Gasteiger partial charge < -0.3 is 15.4 Å². The SMILES string of the molecule is CCCCCCNC(=O)c1ccccc1OCC(=O)Nc1ccccc1F. The summed E-state index contributed by atoms with van der Waals surface area (Å²) >= 11 is 0. The lowest BCUT2D eigenvalue weighted by molar-refractivity contribution is -0.118. The Morgan fingerprint density at radius 1 is 1.00 bits per heavy atom. The number of carbonyl (C=O) groups excluding carboxylic acids is 2. The van der Waals surface area contributed by atoms with Gasteiger partial charge in [-0.05, 0) is 30.7 Å². The molecule has 2 aromatic rings. The average molecular weight is 372 g/mol. The van der Waals surface area contributed by atoms with Gasteiger partial charge in [-0.1, -0.05) is 50.5 Å². The third kappa shape index (κ3) is 6.73. The highest BCUT2D eigenvalue weighted by atomic mass is 19.1. The molecule has 0 aliphatic carbocycles. The fourth-order valence-electron chi connectivity index (χ4n) is 2.52. The smallest absolute Gasteiger partial charge is 0.262 e. The first kappa shape index (κ1) is 20.4. The topological polar surface area (TPSA) is 67.4 Å². The Bertz CT molecular complexity index is 765. The van der Waals surface area contributed by atoms with Gasteiger partial charge in [-0.2, -0.15) is 0 Å². The molecule has 27 heavy (non-hydrogen) atoms. The zero-order chi connectivity index (χ0) is 19.5. The van der Waals surface area contributed by atoms with Crippen LogP contribution in [0.25, 0.3) is 0 Å². The molecule has 0 unspecified atom stereocenters. The maximum Gasteiger partial charge on any atom is 0.262 e. The lowest BCUT2D eigenvalue weighted by Gasteiger charge is -2.12. The summed E-state index contributed by atoms with van der Waals surface area (Å²) in [5.74, 6) is -0.951. The van der Waals surface area contributed by atoms with E-state index in [4.69, 9.17) is 4.74 Å². The predicted molar refractivity (Wildman–Crippen MR) is 103 cm³/mol. The average Bonchev–Trinajstić information content (AvgIpc) is 2.68. The number of halogens is 1. The highest BCUT2D eigenvalue weighted by molar-refractivity contribution is 5.97. The molecule has 2 amide bonds. The minimum absolute atomic E-state index is 0.0872. The summed E-state index contributed by atoms with van der Waals surface area (Å²) in [5, 5.41) is 5.31. The number of unbranched alkanes of at least 4 members (excludes halogenated alkanes) is 3. The van der Waals surface area contributed by atoms with Crippen LogP contribution in [0.15, 0.2) is 48.5 Å². The molecule has 0 saturated carbocycles. The first-order valence-corrected chi connectivity index (χ1v) is 9.16. The van der Waals surface area contributed by atoms with Gasteiger partial charge in [-0.25, -0.2) is 4.39 Å². The quantitative estimate of drug-likeness (QED) is 0.616. The first-order valence-electron chi connectivity index (χ1n) is 9.16. The lowest BCUT2D eigenvalue weighted by atomic mass is 10.1. The molecule has 0 spiro atoms. The fourth-order valence-corrected chi connectivity index (χ4v) is 2.52. The maximum absolute atomic E-state index is 13.6. The third-order valence-electron chi connectivity index (χ3n) is 3.95. The van der Waals surface area contributed by atoms with Crippen LogP contribution in [-0.2, 0) is 4.79 Å². The zero-order valence-electron chi connectivity index (χ0n) is 15.5. The van der Waals surface area contributed by atoms with Crippen molar-refractivity contribution in [2.75, 3.05) is 18.5 Å². The molecule has 2 aromatic carbocycles. The fraction of sp³-hybridized carbons (Fsp3) is 0.333. The van der Waals surface area contributed by atoms with Crippen LogP contribution < -0.4 is 15.4 Å². The van der Waals surface area contributed by atoms with E-state index in [2.05, 4.69) is 17.6 Å². The summed E-state index contributed by atoms with van der Waals surface area (Å²) in [6.45, 7) is 2.41. The van der Waals surface area contributed by atoms with E-state index in [0.717, 1.165) is 25.7 Å². The molecule has 0 heterocycles. The summed E-state index contributed by atoms with van der Waals surface area (Å²) in [4.78, 5) is 24.3. The van der Waals surface area contributed by atoms with Gasteiger partial charge in [0.25, 0.3) is 11.8 Å². The van der Waals surface area contributed by atoms with Crippen molar-refractivity contribution < 1.29 is 18.7 Å². The largest absolute Gasteiger partial charge is 0.483 e. The summed E-state index contributed by atoms with van der Waals surface area (Å²) in [6.07, 6.45) is 4.28. The van der Waals surface area contributed by atoms with E-state index in [0.29, 0.717) is 17.9 Å². The minimum atomic E-state index is -0.520. The molecule has 2 rings (SSSR count). The van der Waals surface area contributed by atoms with Crippen LogP contribution in [-0.4, -0.2) is 25.0 Å². The van der Waals surface area contributed by atoms with Gasteiger partial charge in [0.1, 0.15) is 11.6 Å². The van der Waals surface area contributed by atoms with Crippen molar-refractivity contribution in [2.24, 2.45) is 0 Å². The normalized spacial score (nSPS) is 10.3. The molecule has 0 bridgehead atoms. The molecule has 0 radical (unpaired) electrons. The van der Waals surface area contributed by atoms with Crippen LogP contribution in [0.1, 0.15) is 43.0 Å². The van der Waals surface area contributed by atoms with E-state index in [1.54, 1.807) is 36.4 Å². The Kier molecular flexibility index (Phi) is 8.29. The van der Waals surface area contributed by atoms with E-state index >= 15 is 0 Å². The van der Waals surface area contributed by atoms with Crippen molar-refractivity contribution >= 4 is 17.5 Å². The zero-order valence-corrected chi connectivity index (χ0v) is 15.5. The predicted octanol–water partition coefficient (Wildman–Crippen LogP) is 4.15. The second-order valence-corrected chi connectivity index (χ2v) is 6.13. The van der Waals surface area contributed by atoms with Crippen molar-refractivity contribution in [2.45, 2.75) is 32.6 Å². The monoisotopic (exact) mass is 372 g/mol. The lowest BCUT2D eigenvalue weighted by Crippen LogP contribution is -2.26. The van der Waals surface area contributed by atoms with Gasteiger partial charge in [0, 0.05) is 6.54 Å². The van der Waals surface area contributed by atoms with E-state index < -0.39 is 11.7 Å². The Hall–Kier alpha value is -2.89. The summed E-state index contributed by atoms with van der Waals surface area (Å²) < 4.78 is 19.1. The van der Waals surface area contributed by atoms with Crippen molar-refractivity contribution in [1.82, 2.24) is 5.32 Å². The summed E-state index contributed by atoms with van der Waals surface area (Å²) in [6, 6.07) is 12.6. The summed E-state index contributed by atoms with van der Waals surface area (Å²) in [5.41, 5.74) is 0.455. The molecule has 6 heteroatoms. The number of amides is 2. The number of para-hydroxylation sites is 2. The molecule has 5 nitrogen and oxygen atoms in total. The van der Waals surface area contributed by atoms with Gasteiger partial charge in [-0.15, -0.1) is 0 Å². The second-order valence-electron chi connectivity index (χ2n) is 6.13. The van der Waals surface area contributed by atoms with Crippen LogP contribution in [0.4, 0.5) is 10.1 Å². The number of nitrogens with one attached hydrogen (secondary N) is 2. The Morgan fingerprint density at radius 3 is 2.52 bits per heavy atom. The van der Waals surface area contributed by atoms with E-state index in [-0.39, 0.29) is 18.2 Å². The number of rotatable bonds is 10. The van der Waals surface area contributed by atoms with Crippen molar-refractivity contribution in [3.8, 4) is 5.75 Å². The Morgan fingerprint density at radius 2 is 1.74 bits per heavy atom. The van der Waals surface area contributed by atoms with Crippen molar-refractivity contribution in [3.63, 3.8) is 0 Å². The van der Waals surface area contributed by atoms with Crippen LogP contribution in [0, 0.1) is 5.82 Å². The van der Waals surface area contributed by atoms with E-state index in [9.17, 15) is 14.0 Å². The number of hydrogen-bond donors (Lipinski definition) is 2. The van der Waals surface area contributed by atoms with Crippen LogP contribution in [0.5, 0.6) is 5.75 Å². The van der Waals surface area contributed by atoms with Crippen molar-refractivity contribution in [1.29, 1.82) is 0 Å². The molecular formula is C21H25FN2O3. The first-order chi connectivity index (χ1) is 13.1. The van der Waals surface area contributed by atoms with Crippen LogP contribution in [0.3, 0.4) is 0 Å². The molecular weight excluding hydrogens is 347 g/mol. The van der Waals surface area contributed by atoms with Gasteiger partial charge in [0.05, 0.1) is 11.3 Å².